The topological polar surface area (TPSA) is 59.4 Å². The number of aromatic nitrogens is 1. The summed E-state index contributed by atoms with van der Waals surface area (Å²) in [5.74, 6) is -0.475. The maximum absolute atomic E-state index is 11.2. The summed E-state index contributed by atoms with van der Waals surface area (Å²) in [4.78, 5) is 15.3. The van der Waals surface area contributed by atoms with Crippen LogP contribution in [-0.2, 0) is 0 Å². The molecule has 1 heterocycles. The molecule has 0 saturated carbocycles. The molecule has 1 N–H and O–H groups in total. The van der Waals surface area contributed by atoms with Crippen LogP contribution in [0.15, 0.2) is 39.4 Å². The smallest absolute Gasteiger partial charge is 0.339 e. The quantitative estimate of drug-likeness (QED) is 0.623. The monoisotopic (exact) mass is 497 g/mol. The Morgan fingerprint density at radius 1 is 1.32 bits per heavy atom. The number of pyridine rings is 1. The van der Waals surface area contributed by atoms with Crippen LogP contribution < -0.4 is 4.74 Å². The van der Waals surface area contributed by atoms with Gasteiger partial charge in [-0.05, 0) is 78.7 Å². The first kappa shape index (κ1) is 14.7. The number of aromatic carboxylic acids is 1. The van der Waals surface area contributed by atoms with Gasteiger partial charge in [0.1, 0.15) is 11.3 Å². The van der Waals surface area contributed by atoms with Gasteiger partial charge in [-0.1, -0.05) is 0 Å². The van der Waals surface area contributed by atoms with Crippen molar-refractivity contribution in [3.8, 4) is 11.6 Å². The minimum absolute atomic E-state index is 0.100. The van der Waals surface area contributed by atoms with Crippen LogP contribution in [-0.4, -0.2) is 16.1 Å². The van der Waals surface area contributed by atoms with Crippen LogP contribution >= 0.6 is 54.5 Å². The molecule has 2 rings (SSSR count). The van der Waals surface area contributed by atoms with E-state index in [1.54, 1.807) is 30.5 Å². The summed E-state index contributed by atoms with van der Waals surface area (Å²) >= 11 is 8.65. The molecule has 0 amide bonds. The van der Waals surface area contributed by atoms with Crippen molar-refractivity contribution in [2.24, 2.45) is 0 Å². The first-order valence-corrected chi connectivity index (χ1v) is 7.65. The third-order valence-electron chi connectivity index (χ3n) is 2.15. The molecule has 0 aliphatic heterocycles. The molecule has 1 aromatic heterocycles. The number of rotatable bonds is 3. The molecule has 19 heavy (non-hydrogen) atoms. The third kappa shape index (κ3) is 3.67. The summed E-state index contributed by atoms with van der Waals surface area (Å²) in [6.45, 7) is 0. The first-order valence-electron chi connectivity index (χ1n) is 4.99. The maximum Gasteiger partial charge on any atom is 0.339 e. The molecule has 0 aliphatic carbocycles. The van der Waals surface area contributed by atoms with Crippen LogP contribution in [0.5, 0.6) is 11.6 Å². The highest BCUT2D eigenvalue weighted by molar-refractivity contribution is 14.1. The fraction of sp³-hybridized carbons (Fsp3) is 0. The molecule has 0 radical (unpaired) electrons. The maximum atomic E-state index is 11.2. The average Bonchev–Trinajstić information content (AvgIpc) is 2.34. The molecule has 2 aromatic rings. The predicted molar refractivity (Wildman–Crippen MR) is 85.8 cm³/mol. The fourth-order valence-electron chi connectivity index (χ4n) is 1.34. The Labute approximate surface area is 139 Å². The molecular weight excluding hydrogens is 493 g/mol. The van der Waals surface area contributed by atoms with Gasteiger partial charge in [-0.3, -0.25) is 0 Å². The molecule has 0 atom stereocenters. The van der Waals surface area contributed by atoms with Gasteiger partial charge in [-0.2, -0.15) is 0 Å². The van der Waals surface area contributed by atoms with Gasteiger partial charge in [0.2, 0.25) is 5.88 Å². The van der Waals surface area contributed by atoms with Gasteiger partial charge in [0.15, 0.2) is 0 Å². The van der Waals surface area contributed by atoms with Crippen molar-refractivity contribution in [2.45, 2.75) is 0 Å². The molecule has 7 heteroatoms. The zero-order valence-electron chi connectivity index (χ0n) is 9.23. The molecule has 0 saturated heterocycles. The van der Waals surface area contributed by atoms with Crippen LogP contribution in [0.25, 0.3) is 0 Å². The largest absolute Gasteiger partial charge is 0.478 e. The van der Waals surface area contributed by atoms with Crippen molar-refractivity contribution in [3.05, 3.63) is 48.5 Å². The molecule has 98 valence electrons. The number of nitrogens with zero attached hydrogens (tertiary/aromatic N) is 1. The lowest BCUT2D eigenvalue weighted by molar-refractivity contribution is 0.0694. The molecule has 0 fully saturated rings. The van der Waals surface area contributed by atoms with Crippen LogP contribution in [0.2, 0.25) is 0 Å². The Hall–Kier alpha value is -0.670. The van der Waals surface area contributed by atoms with E-state index in [1.165, 1.54) is 0 Å². The van der Waals surface area contributed by atoms with Crippen molar-refractivity contribution in [2.75, 3.05) is 0 Å². The summed E-state index contributed by atoms with van der Waals surface area (Å²) in [5.41, 5.74) is 0.100. The summed E-state index contributed by atoms with van der Waals surface area (Å²) in [7, 11) is 0. The van der Waals surface area contributed by atoms with Gasteiger partial charge in [-0.25, -0.2) is 9.78 Å². The fourth-order valence-corrected chi connectivity index (χ4v) is 2.90. The van der Waals surface area contributed by atoms with Crippen molar-refractivity contribution < 1.29 is 14.6 Å². The van der Waals surface area contributed by atoms with Crippen LogP contribution in [0.1, 0.15) is 10.4 Å². The Morgan fingerprint density at radius 3 is 2.68 bits per heavy atom. The summed E-state index contributed by atoms with van der Waals surface area (Å²) in [6.07, 6.45) is 1.58. The Morgan fingerprint density at radius 2 is 2.05 bits per heavy atom. The average molecular weight is 499 g/mol. The Kier molecular flexibility index (Phi) is 4.80. The molecule has 0 unspecified atom stereocenters. The summed E-state index contributed by atoms with van der Waals surface area (Å²) in [6, 6.07) is 6.71. The number of carbonyl (C=O) groups is 1. The first-order chi connectivity index (χ1) is 8.97. The molecule has 4 nitrogen and oxygen atoms in total. The molecular formula is C12H6Br2INO3. The van der Waals surface area contributed by atoms with Gasteiger partial charge in [0, 0.05) is 14.2 Å². The second kappa shape index (κ2) is 6.19. The molecule has 1 aromatic carbocycles. The minimum atomic E-state index is -1.04. The van der Waals surface area contributed by atoms with Gasteiger partial charge in [0.05, 0.1) is 4.47 Å². The zero-order valence-corrected chi connectivity index (χ0v) is 14.6. The van der Waals surface area contributed by atoms with Gasteiger partial charge in [-0.15, -0.1) is 0 Å². The van der Waals surface area contributed by atoms with E-state index >= 15 is 0 Å². The lowest BCUT2D eigenvalue weighted by Crippen LogP contribution is -2.01. The van der Waals surface area contributed by atoms with Crippen molar-refractivity contribution in [3.63, 3.8) is 0 Å². The highest BCUT2D eigenvalue weighted by Gasteiger charge is 2.14. The number of ether oxygens (including phenoxy) is 1. The van der Waals surface area contributed by atoms with Crippen LogP contribution in [0.3, 0.4) is 0 Å². The number of hydrogen-bond donors (Lipinski definition) is 1. The lowest BCUT2D eigenvalue weighted by Gasteiger charge is -2.09. The molecule has 0 spiro atoms. The second-order valence-corrected chi connectivity index (χ2v) is 6.50. The highest BCUT2D eigenvalue weighted by atomic mass is 127. The Bertz CT molecular complexity index is 649. The summed E-state index contributed by atoms with van der Waals surface area (Å²) < 4.78 is 7.81. The third-order valence-corrected chi connectivity index (χ3v) is 3.83. The second-order valence-electron chi connectivity index (χ2n) is 3.49. The zero-order chi connectivity index (χ0) is 14.0. The van der Waals surface area contributed by atoms with E-state index in [-0.39, 0.29) is 11.3 Å². The van der Waals surface area contributed by atoms with E-state index < -0.39 is 5.97 Å². The summed E-state index contributed by atoms with van der Waals surface area (Å²) in [5, 5.41) is 9.16. The van der Waals surface area contributed by atoms with Crippen LogP contribution in [0.4, 0.5) is 0 Å². The van der Waals surface area contributed by atoms with E-state index in [4.69, 9.17) is 9.84 Å². The van der Waals surface area contributed by atoms with Crippen LogP contribution in [0, 0.1) is 3.57 Å². The van der Waals surface area contributed by atoms with Gasteiger partial charge in [0.25, 0.3) is 0 Å². The number of hydrogen-bond acceptors (Lipinski definition) is 3. The molecule has 0 aliphatic rings. The number of halogens is 3. The van der Waals surface area contributed by atoms with E-state index in [2.05, 4.69) is 36.8 Å². The van der Waals surface area contributed by atoms with E-state index in [0.29, 0.717) is 10.4 Å². The van der Waals surface area contributed by atoms with E-state index in [9.17, 15) is 4.79 Å². The highest BCUT2D eigenvalue weighted by Crippen LogP contribution is 2.31. The van der Waals surface area contributed by atoms with Crippen molar-refractivity contribution in [1.82, 2.24) is 4.98 Å². The van der Waals surface area contributed by atoms with Crippen molar-refractivity contribution in [1.29, 1.82) is 0 Å². The van der Waals surface area contributed by atoms with Gasteiger partial charge >= 0.3 is 5.97 Å². The SMILES string of the molecule is O=C(O)c1cc(I)ccc1Oc1ncc(Br)cc1Br. The Balaban J connectivity index is 2.40. The van der Waals surface area contributed by atoms with E-state index in [0.717, 1.165) is 8.04 Å². The normalized spacial score (nSPS) is 10.3. The predicted octanol–water partition coefficient (Wildman–Crippen LogP) is 4.70. The van der Waals surface area contributed by atoms with Crippen molar-refractivity contribution >= 4 is 60.4 Å². The number of benzene rings is 1. The lowest BCUT2D eigenvalue weighted by atomic mass is 10.2. The number of carboxylic acid groups (broad SMARTS) is 1. The minimum Gasteiger partial charge on any atom is -0.478 e. The standard InChI is InChI=1S/C12H6Br2INO3/c13-6-3-9(14)11(16-5-6)19-10-2-1-7(15)4-8(10)12(17)18/h1-5H,(H,17,18). The van der Waals surface area contributed by atoms with E-state index in [1.807, 2.05) is 22.6 Å². The number of carboxylic acids is 1. The molecule has 0 bridgehead atoms. The van der Waals surface area contributed by atoms with Gasteiger partial charge < -0.3 is 9.84 Å².